The number of hydrogen-bond acceptors (Lipinski definition) is 5. The summed E-state index contributed by atoms with van der Waals surface area (Å²) in [5, 5.41) is 9.34. The molecule has 0 saturated heterocycles. The molecule has 3 rings (SSSR count). The number of nitrogens with zero attached hydrogens (tertiary/aromatic N) is 2. The average molecular weight is 404 g/mol. The summed E-state index contributed by atoms with van der Waals surface area (Å²) in [7, 11) is -3.93. The Hall–Kier alpha value is -2.48. The number of benzene rings is 2. The largest absolute Gasteiger partial charge is 0.392 e. The van der Waals surface area contributed by atoms with Crippen molar-refractivity contribution < 1.29 is 13.5 Å². The lowest BCUT2D eigenvalue weighted by atomic mass is 10.00. The Bertz CT molecular complexity index is 1080. The van der Waals surface area contributed by atoms with Crippen LogP contribution in [0.4, 0.5) is 5.95 Å². The second kappa shape index (κ2) is 7.64. The van der Waals surface area contributed by atoms with Crippen LogP contribution >= 0.6 is 11.6 Å². The van der Waals surface area contributed by atoms with Crippen LogP contribution in [0.25, 0.3) is 11.3 Å². The Balaban J connectivity index is 2.02. The molecule has 1 heterocycles. The highest BCUT2D eigenvalue weighted by Gasteiger charge is 2.18. The lowest BCUT2D eigenvalue weighted by Crippen LogP contribution is -2.15. The van der Waals surface area contributed by atoms with Gasteiger partial charge in [-0.25, -0.2) is 23.1 Å². The lowest BCUT2D eigenvalue weighted by Gasteiger charge is -2.12. The molecule has 0 bridgehead atoms. The Morgan fingerprint density at radius 1 is 1.04 bits per heavy atom. The zero-order valence-electron chi connectivity index (χ0n) is 14.8. The summed E-state index contributed by atoms with van der Waals surface area (Å²) in [6.45, 7) is 3.64. The molecule has 140 valence electrons. The normalized spacial score (nSPS) is 11.4. The number of hydrogen-bond donors (Lipinski definition) is 2. The summed E-state index contributed by atoms with van der Waals surface area (Å²) < 4.78 is 27.7. The first-order chi connectivity index (χ1) is 12.8. The fraction of sp³-hybridized carbons (Fsp3) is 0.158. The molecule has 8 heteroatoms. The van der Waals surface area contributed by atoms with Gasteiger partial charge in [-0.1, -0.05) is 41.9 Å². The van der Waals surface area contributed by atoms with Crippen molar-refractivity contribution in [2.75, 3.05) is 4.72 Å². The molecule has 2 aromatic carbocycles. The first-order valence-electron chi connectivity index (χ1n) is 8.14. The summed E-state index contributed by atoms with van der Waals surface area (Å²) in [6, 6.07) is 13.4. The zero-order chi connectivity index (χ0) is 19.6. The molecule has 0 radical (unpaired) electrons. The molecule has 0 amide bonds. The smallest absolute Gasteiger partial charge is 0.264 e. The van der Waals surface area contributed by atoms with Crippen molar-refractivity contribution in [3.8, 4) is 11.3 Å². The predicted octanol–water partition coefficient (Wildman–Crippen LogP) is 3.71. The van der Waals surface area contributed by atoms with Crippen molar-refractivity contribution in [1.82, 2.24) is 9.97 Å². The fourth-order valence-electron chi connectivity index (χ4n) is 2.80. The Morgan fingerprint density at radius 2 is 1.70 bits per heavy atom. The van der Waals surface area contributed by atoms with Gasteiger partial charge < -0.3 is 5.11 Å². The van der Waals surface area contributed by atoms with Crippen molar-refractivity contribution in [3.05, 3.63) is 70.4 Å². The van der Waals surface area contributed by atoms with Gasteiger partial charge in [0.1, 0.15) is 5.15 Å². The van der Waals surface area contributed by atoms with Crippen LogP contribution in [0.5, 0.6) is 0 Å². The molecule has 6 nitrogen and oxygen atoms in total. The molecule has 0 aliphatic carbocycles. The highest BCUT2D eigenvalue weighted by atomic mass is 35.5. The van der Waals surface area contributed by atoms with Crippen LogP contribution in [0.1, 0.15) is 16.7 Å². The molecule has 2 N–H and O–H groups in total. The van der Waals surface area contributed by atoms with Crippen LogP contribution in [0.15, 0.2) is 53.4 Å². The maximum absolute atomic E-state index is 12.6. The number of nitrogens with one attached hydrogen (secondary N) is 1. The van der Waals surface area contributed by atoms with Crippen molar-refractivity contribution in [2.45, 2.75) is 25.3 Å². The van der Waals surface area contributed by atoms with Gasteiger partial charge in [0.15, 0.2) is 0 Å². The van der Waals surface area contributed by atoms with Gasteiger partial charge in [-0.15, -0.1) is 0 Å². The minimum Gasteiger partial charge on any atom is -0.392 e. The first kappa shape index (κ1) is 19.3. The van der Waals surface area contributed by atoms with E-state index < -0.39 is 10.0 Å². The number of anilines is 1. The second-order valence-electron chi connectivity index (χ2n) is 6.08. The Kier molecular flexibility index (Phi) is 5.46. The minimum atomic E-state index is -3.93. The van der Waals surface area contributed by atoms with Crippen LogP contribution < -0.4 is 4.72 Å². The monoisotopic (exact) mass is 403 g/mol. The second-order valence-corrected chi connectivity index (χ2v) is 8.15. The van der Waals surface area contributed by atoms with Gasteiger partial charge in [0, 0.05) is 11.6 Å². The van der Waals surface area contributed by atoms with E-state index in [1.165, 1.54) is 12.1 Å². The standard InChI is InChI=1S/C19H18ClN3O3S/c1-12-5-3-6-13(2)18(12)16-10-17(20)22-19(21-16)23-27(25,26)15-8-4-7-14(9-15)11-24/h3-10,24H,11H2,1-2H3,(H,21,22,23). The maximum Gasteiger partial charge on any atom is 0.264 e. The predicted molar refractivity (Wildman–Crippen MR) is 105 cm³/mol. The number of halogens is 1. The van der Waals surface area contributed by atoms with Gasteiger partial charge in [-0.3, -0.25) is 0 Å². The van der Waals surface area contributed by atoms with E-state index in [0.717, 1.165) is 16.7 Å². The summed E-state index contributed by atoms with van der Waals surface area (Å²) in [5.74, 6) is -0.116. The number of aliphatic hydroxyl groups is 1. The van der Waals surface area contributed by atoms with Gasteiger partial charge in [0.05, 0.1) is 17.2 Å². The number of sulfonamides is 1. The highest BCUT2D eigenvalue weighted by molar-refractivity contribution is 7.92. The van der Waals surface area contributed by atoms with Crippen LogP contribution in [-0.2, 0) is 16.6 Å². The van der Waals surface area contributed by atoms with Gasteiger partial charge in [-0.05, 0) is 42.7 Å². The van der Waals surface area contributed by atoms with E-state index in [2.05, 4.69) is 14.7 Å². The van der Waals surface area contributed by atoms with E-state index in [4.69, 9.17) is 11.6 Å². The molecular weight excluding hydrogens is 386 g/mol. The van der Waals surface area contributed by atoms with Crippen molar-refractivity contribution in [2.24, 2.45) is 0 Å². The molecule has 0 saturated carbocycles. The number of aryl methyl sites for hydroxylation is 2. The summed E-state index contributed by atoms with van der Waals surface area (Å²) in [6.07, 6.45) is 0. The van der Waals surface area contributed by atoms with Gasteiger partial charge in [0.25, 0.3) is 10.0 Å². The Labute approximate surface area is 162 Å². The fourth-order valence-corrected chi connectivity index (χ4v) is 4.00. The zero-order valence-corrected chi connectivity index (χ0v) is 16.3. The van der Waals surface area contributed by atoms with Crippen molar-refractivity contribution in [1.29, 1.82) is 0 Å². The number of aliphatic hydroxyl groups excluding tert-OH is 1. The quantitative estimate of drug-likeness (QED) is 0.633. The van der Waals surface area contributed by atoms with Crippen LogP contribution in [0.3, 0.4) is 0 Å². The minimum absolute atomic E-state index is 0.00578. The third-order valence-corrected chi connectivity index (χ3v) is 5.57. The first-order valence-corrected chi connectivity index (χ1v) is 10.00. The van der Waals surface area contributed by atoms with E-state index >= 15 is 0 Å². The third-order valence-electron chi connectivity index (χ3n) is 4.05. The molecule has 0 spiro atoms. The van der Waals surface area contributed by atoms with Gasteiger partial charge in [0.2, 0.25) is 5.95 Å². The molecule has 0 fully saturated rings. The molecular formula is C19H18ClN3O3S. The highest BCUT2D eigenvalue weighted by Crippen LogP contribution is 2.28. The topological polar surface area (TPSA) is 92.2 Å². The van der Waals surface area contributed by atoms with E-state index in [9.17, 15) is 13.5 Å². The van der Waals surface area contributed by atoms with Crippen LogP contribution in [0.2, 0.25) is 5.15 Å². The van der Waals surface area contributed by atoms with Crippen LogP contribution in [0, 0.1) is 13.8 Å². The van der Waals surface area contributed by atoms with E-state index in [-0.39, 0.29) is 22.6 Å². The molecule has 0 atom stereocenters. The van der Waals surface area contributed by atoms with E-state index in [0.29, 0.717) is 11.3 Å². The molecule has 0 aliphatic heterocycles. The molecule has 0 aliphatic rings. The molecule has 3 aromatic rings. The molecule has 1 aromatic heterocycles. The van der Waals surface area contributed by atoms with Gasteiger partial charge >= 0.3 is 0 Å². The Morgan fingerprint density at radius 3 is 2.37 bits per heavy atom. The number of rotatable bonds is 5. The van der Waals surface area contributed by atoms with Crippen LogP contribution in [-0.4, -0.2) is 23.5 Å². The average Bonchev–Trinajstić information content (AvgIpc) is 2.61. The van der Waals surface area contributed by atoms with Crippen molar-refractivity contribution in [3.63, 3.8) is 0 Å². The third kappa shape index (κ3) is 4.27. The summed E-state index contributed by atoms with van der Waals surface area (Å²) in [5.41, 5.74) is 3.89. The SMILES string of the molecule is Cc1cccc(C)c1-c1cc(Cl)nc(NS(=O)(=O)c2cccc(CO)c2)n1. The van der Waals surface area contributed by atoms with Crippen molar-refractivity contribution >= 4 is 27.6 Å². The molecule has 27 heavy (non-hydrogen) atoms. The number of aromatic nitrogens is 2. The summed E-state index contributed by atoms with van der Waals surface area (Å²) in [4.78, 5) is 8.34. The lowest BCUT2D eigenvalue weighted by molar-refractivity contribution is 0.281. The molecule has 0 unspecified atom stereocenters. The summed E-state index contributed by atoms with van der Waals surface area (Å²) >= 11 is 6.11. The van der Waals surface area contributed by atoms with E-state index in [1.807, 2.05) is 32.0 Å². The van der Waals surface area contributed by atoms with E-state index in [1.54, 1.807) is 18.2 Å². The van der Waals surface area contributed by atoms with Gasteiger partial charge in [-0.2, -0.15) is 0 Å². The maximum atomic E-state index is 12.6.